The highest BCUT2D eigenvalue weighted by Gasteiger charge is 2.32. The van der Waals surface area contributed by atoms with Crippen molar-refractivity contribution in [3.8, 4) is 11.5 Å². The van der Waals surface area contributed by atoms with Gasteiger partial charge in [-0.3, -0.25) is 14.2 Å². The number of benzene rings is 3. The number of hydrogen-bond donors (Lipinski definition) is 0. The van der Waals surface area contributed by atoms with Crippen molar-refractivity contribution >= 4 is 34.0 Å². The summed E-state index contributed by atoms with van der Waals surface area (Å²) >= 11 is 1.32. The van der Waals surface area contributed by atoms with Gasteiger partial charge in [-0.15, -0.1) is 0 Å². The summed E-state index contributed by atoms with van der Waals surface area (Å²) in [7, 11) is 3.23. The molecule has 1 aliphatic heterocycles. The second-order valence-corrected chi connectivity index (χ2v) is 9.29. The zero-order chi connectivity index (χ0) is 24.7. The van der Waals surface area contributed by atoms with E-state index in [2.05, 4.69) is 4.99 Å². The van der Waals surface area contributed by atoms with E-state index >= 15 is 0 Å². The second kappa shape index (κ2) is 9.00. The monoisotopic (exact) mass is 484 g/mol. The molecule has 1 aromatic heterocycles. The van der Waals surface area contributed by atoms with Gasteiger partial charge in [0.05, 0.1) is 24.8 Å². The van der Waals surface area contributed by atoms with Gasteiger partial charge in [0.1, 0.15) is 11.5 Å². The standard InChI is InChI=1S/C28H24N2O4S/c1-16-25(17(2)31)26(21-11-7-8-12-22(21)33-3)30-27(32)24(35-28(30)29-16)15-18-13-14-23(34-4)20-10-6-5-9-19(18)20/h5-15,26H,1-4H3. The number of rotatable bonds is 5. The van der Waals surface area contributed by atoms with Crippen LogP contribution in [0.15, 0.2) is 81.7 Å². The van der Waals surface area contributed by atoms with Gasteiger partial charge in [-0.25, -0.2) is 4.99 Å². The van der Waals surface area contributed by atoms with Crippen molar-refractivity contribution in [2.24, 2.45) is 4.99 Å². The number of ether oxygens (including phenoxy) is 2. The Morgan fingerprint density at radius 1 is 0.971 bits per heavy atom. The number of nitrogens with zero attached hydrogens (tertiary/aromatic N) is 2. The fraction of sp³-hybridized carbons (Fsp3) is 0.179. The number of carbonyl (C=O) groups excluding carboxylic acids is 1. The third-order valence-corrected chi connectivity index (χ3v) is 7.24. The summed E-state index contributed by atoms with van der Waals surface area (Å²) in [5, 5.41) is 1.96. The minimum absolute atomic E-state index is 0.127. The Bertz CT molecular complexity index is 1690. The third kappa shape index (κ3) is 3.78. The van der Waals surface area contributed by atoms with Crippen LogP contribution in [0.2, 0.25) is 0 Å². The molecule has 0 saturated carbocycles. The van der Waals surface area contributed by atoms with Crippen molar-refractivity contribution < 1.29 is 14.3 Å². The molecule has 5 rings (SSSR count). The molecule has 1 unspecified atom stereocenters. The van der Waals surface area contributed by atoms with Crippen molar-refractivity contribution in [2.45, 2.75) is 19.9 Å². The van der Waals surface area contributed by atoms with Crippen LogP contribution in [0.25, 0.3) is 16.8 Å². The summed E-state index contributed by atoms with van der Waals surface area (Å²) in [5.74, 6) is 1.26. The molecular weight excluding hydrogens is 460 g/mol. The SMILES string of the molecule is COc1ccccc1C1C(C(C)=O)=C(C)N=c2sc(=Cc3ccc(OC)c4ccccc34)c(=O)n21. The summed E-state index contributed by atoms with van der Waals surface area (Å²) < 4.78 is 13.3. The van der Waals surface area contributed by atoms with E-state index < -0.39 is 6.04 Å². The summed E-state index contributed by atoms with van der Waals surface area (Å²) in [5.41, 5.74) is 2.55. The zero-order valence-corrected chi connectivity index (χ0v) is 20.7. The number of hydrogen-bond acceptors (Lipinski definition) is 6. The van der Waals surface area contributed by atoms with E-state index in [-0.39, 0.29) is 11.3 Å². The molecule has 3 aromatic carbocycles. The molecule has 35 heavy (non-hydrogen) atoms. The quantitative estimate of drug-likeness (QED) is 0.430. The lowest BCUT2D eigenvalue weighted by molar-refractivity contribution is -0.114. The Kier molecular flexibility index (Phi) is 5.86. The second-order valence-electron chi connectivity index (χ2n) is 8.28. The van der Waals surface area contributed by atoms with Crippen molar-refractivity contribution in [1.82, 2.24) is 4.57 Å². The Labute approximate surface area is 206 Å². The predicted octanol–water partition coefficient (Wildman–Crippen LogP) is 3.99. The average Bonchev–Trinajstić information content (AvgIpc) is 3.17. The molecule has 0 saturated heterocycles. The Morgan fingerprint density at radius 2 is 1.66 bits per heavy atom. The molecule has 0 radical (unpaired) electrons. The normalized spacial score (nSPS) is 15.7. The first kappa shape index (κ1) is 22.8. The molecule has 176 valence electrons. The van der Waals surface area contributed by atoms with Gasteiger partial charge in [-0.05, 0) is 43.0 Å². The maximum atomic E-state index is 13.8. The zero-order valence-electron chi connectivity index (χ0n) is 19.9. The summed E-state index contributed by atoms with van der Waals surface area (Å²) in [6, 6.07) is 18.6. The maximum Gasteiger partial charge on any atom is 0.271 e. The Balaban J connectivity index is 1.79. The molecule has 2 heterocycles. The minimum atomic E-state index is -0.616. The topological polar surface area (TPSA) is 69.9 Å². The number of ketones is 1. The number of methoxy groups -OCH3 is 2. The summed E-state index contributed by atoms with van der Waals surface area (Å²) in [6.07, 6.45) is 1.89. The van der Waals surface area contributed by atoms with Gasteiger partial charge in [0, 0.05) is 22.2 Å². The van der Waals surface area contributed by atoms with E-state index in [1.54, 1.807) is 18.8 Å². The molecule has 7 heteroatoms. The van der Waals surface area contributed by atoms with Crippen LogP contribution in [0.1, 0.15) is 31.0 Å². The van der Waals surface area contributed by atoms with Crippen molar-refractivity contribution in [2.75, 3.05) is 14.2 Å². The van der Waals surface area contributed by atoms with Crippen LogP contribution in [0, 0.1) is 0 Å². The summed E-state index contributed by atoms with van der Waals surface area (Å²) in [6.45, 7) is 3.32. The number of Topliss-reactive ketones (excluding diaryl/α,β-unsaturated/α-hetero) is 1. The fourth-order valence-electron chi connectivity index (χ4n) is 4.70. The number of aromatic nitrogens is 1. The summed E-state index contributed by atoms with van der Waals surface area (Å²) in [4.78, 5) is 31.8. The third-order valence-electron chi connectivity index (χ3n) is 6.26. The lowest BCUT2D eigenvalue weighted by Gasteiger charge is -2.25. The number of allylic oxidation sites excluding steroid dienone is 2. The van der Waals surface area contributed by atoms with E-state index in [1.807, 2.05) is 73.7 Å². The van der Waals surface area contributed by atoms with Crippen molar-refractivity contribution in [3.63, 3.8) is 0 Å². The van der Waals surface area contributed by atoms with Crippen LogP contribution >= 0.6 is 11.3 Å². The van der Waals surface area contributed by atoms with E-state index in [9.17, 15) is 9.59 Å². The first-order valence-electron chi connectivity index (χ1n) is 11.2. The lowest BCUT2D eigenvalue weighted by atomic mass is 9.93. The van der Waals surface area contributed by atoms with Gasteiger partial charge in [0.2, 0.25) is 0 Å². The van der Waals surface area contributed by atoms with Gasteiger partial charge in [-0.1, -0.05) is 59.9 Å². The van der Waals surface area contributed by atoms with Crippen LogP contribution in [0.3, 0.4) is 0 Å². The van der Waals surface area contributed by atoms with Crippen LogP contribution in [-0.2, 0) is 4.79 Å². The van der Waals surface area contributed by atoms with Gasteiger partial charge in [-0.2, -0.15) is 0 Å². The average molecular weight is 485 g/mol. The molecule has 0 N–H and O–H groups in total. The largest absolute Gasteiger partial charge is 0.496 e. The van der Waals surface area contributed by atoms with Gasteiger partial charge >= 0.3 is 0 Å². The van der Waals surface area contributed by atoms with Crippen molar-refractivity contribution in [3.05, 3.63) is 103 Å². The van der Waals surface area contributed by atoms with Crippen LogP contribution in [0.4, 0.5) is 0 Å². The van der Waals surface area contributed by atoms with Gasteiger partial charge < -0.3 is 9.47 Å². The van der Waals surface area contributed by atoms with E-state index in [4.69, 9.17) is 9.47 Å². The Morgan fingerprint density at radius 3 is 2.37 bits per heavy atom. The molecule has 0 bridgehead atoms. The molecule has 4 aromatic rings. The number of para-hydroxylation sites is 1. The molecule has 1 atom stereocenters. The first-order chi connectivity index (χ1) is 16.9. The first-order valence-corrected chi connectivity index (χ1v) is 12.0. The fourth-order valence-corrected chi connectivity index (χ4v) is 5.73. The highest BCUT2D eigenvalue weighted by Crippen LogP contribution is 2.35. The number of thiazole rings is 1. The molecule has 0 amide bonds. The maximum absolute atomic E-state index is 13.8. The molecular formula is C28H24N2O4S. The predicted molar refractivity (Wildman–Crippen MR) is 138 cm³/mol. The van der Waals surface area contributed by atoms with Gasteiger partial charge in [0.25, 0.3) is 5.56 Å². The Hall–Kier alpha value is -3.97. The van der Waals surface area contributed by atoms with Crippen LogP contribution < -0.4 is 24.4 Å². The molecule has 0 fully saturated rings. The molecule has 0 spiro atoms. The molecule has 1 aliphatic rings. The number of fused-ring (bicyclic) bond motifs is 2. The smallest absolute Gasteiger partial charge is 0.271 e. The number of carbonyl (C=O) groups is 1. The van der Waals surface area contributed by atoms with E-state index in [0.29, 0.717) is 26.4 Å². The van der Waals surface area contributed by atoms with Crippen LogP contribution in [0.5, 0.6) is 11.5 Å². The molecule has 0 aliphatic carbocycles. The molecule has 6 nitrogen and oxygen atoms in total. The highest BCUT2D eigenvalue weighted by molar-refractivity contribution is 7.07. The van der Waals surface area contributed by atoms with Crippen molar-refractivity contribution in [1.29, 1.82) is 0 Å². The lowest BCUT2D eigenvalue weighted by Crippen LogP contribution is -2.39. The van der Waals surface area contributed by atoms with E-state index in [0.717, 1.165) is 27.6 Å². The van der Waals surface area contributed by atoms with E-state index in [1.165, 1.54) is 18.3 Å². The highest BCUT2D eigenvalue weighted by atomic mass is 32.1. The minimum Gasteiger partial charge on any atom is -0.496 e. The van der Waals surface area contributed by atoms with Gasteiger partial charge in [0.15, 0.2) is 10.6 Å². The van der Waals surface area contributed by atoms with Crippen LogP contribution in [-0.4, -0.2) is 24.6 Å².